The average Bonchev–Trinajstić information content (AvgIpc) is 2.84. The largest absolute Gasteiger partial charge is 0.508 e. The summed E-state index contributed by atoms with van der Waals surface area (Å²) in [6.07, 6.45) is 12.3. The SMILES string of the molecule is O=C(/C=C/c1ccc(O)cc1)NCCCCCCNc1c2c(nc3ccccc13)CCCC2. The summed E-state index contributed by atoms with van der Waals surface area (Å²) in [6, 6.07) is 15.2. The zero-order chi connectivity index (χ0) is 22.9. The molecular weight excluding hydrogens is 410 g/mol. The predicted octanol–water partition coefficient (Wildman–Crippen LogP) is 5.62. The van der Waals surface area contributed by atoms with Gasteiger partial charge in [-0.05, 0) is 73.9 Å². The van der Waals surface area contributed by atoms with Gasteiger partial charge in [0.15, 0.2) is 0 Å². The fourth-order valence-corrected chi connectivity index (χ4v) is 4.42. The monoisotopic (exact) mass is 443 g/mol. The summed E-state index contributed by atoms with van der Waals surface area (Å²) >= 11 is 0. The first-order valence-electron chi connectivity index (χ1n) is 12.1. The third-order valence-corrected chi connectivity index (χ3v) is 6.19. The van der Waals surface area contributed by atoms with Crippen LogP contribution in [0, 0.1) is 0 Å². The third kappa shape index (κ3) is 6.35. The lowest BCUT2D eigenvalue weighted by Crippen LogP contribution is -2.22. The Labute approximate surface area is 195 Å². The van der Waals surface area contributed by atoms with E-state index in [2.05, 4.69) is 34.9 Å². The maximum absolute atomic E-state index is 11.9. The second kappa shape index (κ2) is 11.5. The molecule has 0 spiro atoms. The minimum absolute atomic E-state index is 0.0842. The Morgan fingerprint density at radius 3 is 2.55 bits per heavy atom. The number of aromatic nitrogens is 1. The summed E-state index contributed by atoms with van der Waals surface area (Å²) in [5.74, 6) is 0.138. The van der Waals surface area contributed by atoms with Gasteiger partial charge in [0, 0.05) is 35.9 Å². The molecule has 1 heterocycles. The number of hydrogen-bond acceptors (Lipinski definition) is 4. The van der Waals surface area contributed by atoms with Crippen LogP contribution in [0.2, 0.25) is 0 Å². The maximum Gasteiger partial charge on any atom is 0.243 e. The zero-order valence-corrected chi connectivity index (χ0v) is 19.1. The van der Waals surface area contributed by atoms with Crippen molar-refractivity contribution in [2.75, 3.05) is 18.4 Å². The van der Waals surface area contributed by atoms with E-state index in [9.17, 15) is 9.90 Å². The Bertz CT molecular complexity index is 1110. The van der Waals surface area contributed by atoms with E-state index < -0.39 is 0 Å². The summed E-state index contributed by atoms with van der Waals surface area (Å²) in [7, 11) is 0. The molecule has 0 fully saturated rings. The normalized spacial score (nSPS) is 13.2. The molecule has 1 aliphatic rings. The van der Waals surface area contributed by atoms with Gasteiger partial charge in [0.25, 0.3) is 0 Å². The fourth-order valence-electron chi connectivity index (χ4n) is 4.42. The van der Waals surface area contributed by atoms with Crippen LogP contribution in [0.15, 0.2) is 54.6 Å². The Kier molecular flexibility index (Phi) is 7.96. The number of hydrogen-bond donors (Lipinski definition) is 3. The number of para-hydroxylation sites is 1. The van der Waals surface area contributed by atoms with Crippen molar-refractivity contribution in [3.8, 4) is 5.75 Å². The van der Waals surface area contributed by atoms with Crippen molar-refractivity contribution in [1.82, 2.24) is 10.3 Å². The second-order valence-electron chi connectivity index (χ2n) is 8.69. The molecule has 2 aromatic carbocycles. The van der Waals surface area contributed by atoms with Gasteiger partial charge in [0.05, 0.1) is 5.52 Å². The van der Waals surface area contributed by atoms with Crippen molar-refractivity contribution < 1.29 is 9.90 Å². The van der Waals surface area contributed by atoms with E-state index in [1.807, 2.05) is 0 Å². The summed E-state index contributed by atoms with van der Waals surface area (Å²) in [4.78, 5) is 16.9. The van der Waals surface area contributed by atoms with Gasteiger partial charge in [-0.3, -0.25) is 9.78 Å². The van der Waals surface area contributed by atoms with E-state index in [1.54, 1.807) is 30.3 Å². The fraction of sp³-hybridized carbons (Fsp3) is 0.357. The molecule has 0 radical (unpaired) electrons. The van der Waals surface area contributed by atoms with Gasteiger partial charge >= 0.3 is 0 Å². The molecule has 0 saturated heterocycles. The van der Waals surface area contributed by atoms with Crippen LogP contribution in [0.5, 0.6) is 5.75 Å². The molecule has 3 N–H and O–H groups in total. The molecule has 0 unspecified atom stereocenters. The molecule has 5 heteroatoms. The number of phenolic OH excluding ortho intramolecular Hbond substituents is 1. The van der Waals surface area contributed by atoms with E-state index in [0.717, 1.165) is 56.1 Å². The molecule has 0 bridgehead atoms. The molecule has 0 atom stereocenters. The molecule has 1 amide bonds. The highest BCUT2D eigenvalue weighted by atomic mass is 16.3. The lowest BCUT2D eigenvalue weighted by Gasteiger charge is -2.21. The summed E-state index contributed by atoms with van der Waals surface area (Å²) in [5.41, 5.74) is 5.97. The van der Waals surface area contributed by atoms with Gasteiger partial charge in [-0.15, -0.1) is 0 Å². The van der Waals surface area contributed by atoms with Crippen LogP contribution < -0.4 is 10.6 Å². The Hall–Kier alpha value is -3.34. The number of carbonyl (C=O) groups excluding carboxylic acids is 1. The molecule has 172 valence electrons. The number of phenols is 1. The number of aromatic hydroxyl groups is 1. The van der Waals surface area contributed by atoms with E-state index in [0.29, 0.717) is 6.54 Å². The zero-order valence-electron chi connectivity index (χ0n) is 19.1. The lowest BCUT2D eigenvalue weighted by molar-refractivity contribution is -0.116. The minimum atomic E-state index is -0.0842. The smallest absolute Gasteiger partial charge is 0.243 e. The van der Waals surface area contributed by atoms with Gasteiger partial charge in [0.2, 0.25) is 5.91 Å². The highest BCUT2D eigenvalue weighted by Crippen LogP contribution is 2.33. The Balaban J connectivity index is 1.16. The molecule has 5 nitrogen and oxygen atoms in total. The number of carbonyl (C=O) groups is 1. The number of anilines is 1. The second-order valence-corrected chi connectivity index (χ2v) is 8.69. The number of fused-ring (bicyclic) bond motifs is 2. The van der Waals surface area contributed by atoms with Crippen LogP contribution in [0.4, 0.5) is 5.69 Å². The van der Waals surface area contributed by atoms with Crippen LogP contribution in [0.3, 0.4) is 0 Å². The summed E-state index contributed by atoms with van der Waals surface area (Å²) in [5, 5.41) is 17.2. The quantitative estimate of drug-likeness (QED) is 0.281. The number of rotatable bonds is 10. The summed E-state index contributed by atoms with van der Waals surface area (Å²) < 4.78 is 0. The van der Waals surface area contributed by atoms with E-state index >= 15 is 0 Å². The van der Waals surface area contributed by atoms with Crippen molar-refractivity contribution in [3.05, 3.63) is 71.4 Å². The van der Waals surface area contributed by atoms with Crippen molar-refractivity contribution >= 4 is 28.6 Å². The highest BCUT2D eigenvalue weighted by Gasteiger charge is 2.17. The standard InChI is InChI=1S/C28H33N3O2/c32-22-16-13-21(14-17-22)15-18-27(33)29-19-7-1-2-8-20-30-28-23-9-3-5-11-25(23)31-26-12-6-4-10-24(26)28/h3,5,9,11,13-18,32H,1-2,4,6-8,10,12,19-20H2,(H,29,33)(H,30,31)/b18-15+. The van der Waals surface area contributed by atoms with Crippen molar-refractivity contribution in [2.45, 2.75) is 51.4 Å². The molecule has 33 heavy (non-hydrogen) atoms. The maximum atomic E-state index is 11.9. The molecule has 0 aliphatic heterocycles. The minimum Gasteiger partial charge on any atom is -0.508 e. The van der Waals surface area contributed by atoms with Crippen LogP contribution in [-0.2, 0) is 17.6 Å². The third-order valence-electron chi connectivity index (χ3n) is 6.19. The molecular formula is C28H33N3O2. The van der Waals surface area contributed by atoms with Crippen LogP contribution >= 0.6 is 0 Å². The van der Waals surface area contributed by atoms with E-state index in [-0.39, 0.29) is 11.7 Å². The number of nitrogens with one attached hydrogen (secondary N) is 2. The van der Waals surface area contributed by atoms with Crippen molar-refractivity contribution in [1.29, 1.82) is 0 Å². The predicted molar refractivity (Wildman–Crippen MR) is 135 cm³/mol. The average molecular weight is 444 g/mol. The van der Waals surface area contributed by atoms with Gasteiger partial charge in [-0.25, -0.2) is 0 Å². The first kappa shape index (κ1) is 22.8. The van der Waals surface area contributed by atoms with E-state index in [1.165, 1.54) is 41.2 Å². The van der Waals surface area contributed by atoms with E-state index in [4.69, 9.17) is 4.98 Å². The molecule has 1 aliphatic carbocycles. The lowest BCUT2D eigenvalue weighted by atomic mass is 9.92. The number of unbranched alkanes of at least 4 members (excludes halogenated alkanes) is 3. The van der Waals surface area contributed by atoms with Gasteiger partial charge in [-0.1, -0.05) is 43.2 Å². The van der Waals surface area contributed by atoms with Crippen molar-refractivity contribution in [3.63, 3.8) is 0 Å². The number of nitrogens with zero attached hydrogens (tertiary/aromatic N) is 1. The molecule has 0 saturated carbocycles. The first-order chi connectivity index (χ1) is 16.2. The van der Waals surface area contributed by atoms with Crippen LogP contribution in [0.1, 0.15) is 55.3 Å². The number of pyridine rings is 1. The molecule has 4 rings (SSSR count). The van der Waals surface area contributed by atoms with Crippen LogP contribution in [0.25, 0.3) is 17.0 Å². The Morgan fingerprint density at radius 2 is 1.70 bits per heavy atom. The van der Waals surface area contributed by atoms with Gasteiger partial charge in [0.1, 0.15) is 5.75 Å². The topological polar surface area (TPSA) is 74.2 Å². The van der Waals surface area contributed by atoms with Crippen molar-refractivity contribution in [2.24, 2.45) is 0 Å². The van der Waals surface area contributed by atoms with Gasteiger partial charge in [-0.2, -0.15) is 0 Å². The highest BCUT2D eigenvalue weighted by molar-refractivity contribution is 5.93. The Morgan fingerprint density at radius 1 is 0.939 bits per heavy atom. The molecule has 3 aromatic rings. The molecule has 1 aromatic heterocycles. The summed E-state index contributed by atoms with van der Waals surface area (Å²) in [6.45, 7) is 1.65. The van der Waals surface area contributed by atoms with Gasteiger partial charge < -0.3 is 15.7 Å². The van der Waals surface area contributed by atoms with Crippen LogP contribution in [-0.4, -0.2) is 29.1 Å². The first-order valence-corrected chi connectivity index (χ1v) is 12.1. The number of amides is 1. The number of aryl methyl sites for hydroxylation is 1. The number of benzene rings is 2.